The minimum Gasteiger partial charge on any atom is -0.367 e. The van der Waals surface area contributed by atoms with Gasteiger partial charge in [-0.15, -0.1) is 0 Å². The van der Waals surface area contributed by atoms with E-state index in [1.165, 1.54) is 32.1 Å². The third-order valence-electron chi connectivity index (χ3n) is 3.50. The highest BCUT2D eigenvalue weighted by molar-refractivity contribution is 9.10. The van der Waals surface area contributed by atoms with Crippen molar-refractivity contribution < 1.29 is 0 Å². The first-order valence-electron chi connectivity index (χ1n) is 6.43. The zero-order valence-electron chi connectivity index (χ0n) is 10.5. The van der Waals surface area contributed by atoms with E-state index in [1.807, 2.05) is 13.0 Å². The van der Waals surface area contributed by atoms with Crippen molar-refractivity contribution in [1.82, 2.24) is 9.97 Å². The van der Waals surface area contributed by atoms with Gasteiger partial charge in [0, 0.05) is 12.1 Å². The van der Waals surface area contributed by atoms with Gasteiger partial charge in [0.15, 0.2) is 0 Å². The quantitative estimate of drug-likeness (QED) is 0.664. The molecule has 1 heterocycles. The molecule has 0 bridgehead atoms. The van der Waals surface area contributed by atoms with Crippen LogP contribution in [0.25, 0.3) is 0 Å². The molecule has 2 atom stereocenters. The standard InChI is InChI=1S/C13H20BrN3/c1-9-6-4-3-5-7-11(9)17-13-8-12(14)15-10(2)16-13/h8-9,11H,3-7H2,1-2H3,(H,15,16,17). The Bertz CT molecular complexity index is 361. The zero-order chi connectivity index (χ0) is 12.3. The first-order chi connectivity index (χ1) is 8.15. The Kier molecular flexibility index (Phi) is 4.37. The van der Waals surface area contributed by atoms with E-state index < -0.39 is 0 Å². The van der Waals surface area contributed by atoms with Crippen molar-refractivity contribution in [3.63, 3.8) is 0 Å². The fraction of sp³-hybridized carbons (Fsp3) is 0.692. The summed E-state index contributed by atoms with van der Waals surface area (Å²) in [5.74, 6) is 2.48. The summed E-state index contributed by atoms with van der Waals surface area (Å²) in [6.45, 7) is 4.26. The molecule has 1 aromatic heterocycles. The topological polar surface area (TPSA) is 37.8 Å². The number of nitrogens with zero attached hydrogens (tertiary/aromatic N) is 2. The van der Waals surface area contributed by atoms with Crippen molar-refractivity contribution >= 4 is 21.7 Å². The minimum absolute atomic E-state index is 0.554. The average Bonchev–Trinajstić information content (AvgIpc) is 2.43. The van der Waals surface area contributed by atoms with Crippen LogP contribution >= 0.6 is 15.9 Å². The molecule has 1 fully saturated rings. The van der Waals surface area contributed by atoms with Gasteiger partial charge in [0.1, 0.15) is 16.2 Å². The highest BCUT2D eigenvalue weighted by atomic mass is 79.9. The highest BCUT2D eigenvalue weighted by Gasteiger charge is 2.20. The highest BCUT2D eigenvalue weighted by Crippen LogP contribution is 2.25. The maximum atomic E-state index is 4.44. The lowest BCUT2D eigenvalue weighted by Gasteiger charge is -2.23. The maximum absolute atomic E-state index is 4.44. The van der Waals surface area contributed by atoms with Crippen LogP contribution in [-0.2, 0) is 0 Å². The number of halogens is 1. The molecule has 0 spiro atoms. The molecule has 1 aliphatic carbocycles. The molecule has 1 saturated carbocycles. The summed E-state index contributed by atoms with van der Waals surface area (Å²) >= 11 is 3.42. The summed E-state index contributed by atoms with van der Waals surface area (Å²) < 4.78 is 0.855. The predicted molar refractivity (Wildman–Crippen MR) is 74.1 cm³/mol. The van der Waals surface area contributed by atoms with Gasteiger partial charge < -0.3 is 5.32 Å². The van der Waals surface area contributed by atoms with Crippen molar-refractivity contribution in [2.24, 2.45) is 5.92 Å². The van der Waals surface area contributed by atoms with E-state index in [1.54, 1.807) is 0 Å². The van der Waals surface area contributed by atoms with Crippen molar-refractivity contribution in [3.05, 3.63) is 16.5 Å². The second-order valence-corrected chi connectivity index (χ2v) is 5.80. The number of nitrogens with one attached hydrogen (secondary N) is 1. The molecule has 0 saturated heterocycles. The Morgan fingerprint density at radius 2 is 2.00 bits per heavy atom. The van der Waals surface area contributed by atoms with Crippen LogP contribution in [0.1, 0.15) is 44.9 Å². The summed E-state index contributed by atoms with van der Waals surface area (Å²) in [6.07, 6.45) is 6.64. The van der Waals surface area contributed by atoms with Crippen molar-refractivity contribution in [3.8, 4) is 0 Å². The summed E-state index contributed by atoms with van der Waals surface area (Å²) in [5.41, 5.74) is 0. The van der Waals surface area contributed by atoms with E-state index in [0.29, 0.717) is 6.04 Å². The Balaban J connectivity index is 2.07. The molecule has 94 valence electrons. The Hall–Kier alpha value is -0.640. The van der Waals surface area contributed by atoms with Gasteiger partial charge in [-0.3, -0.25) is 0 Å². The number of aromatic nitrogens is 2. The maximum Gasteiger partial charge on any atom is 0.131 e. The van der Waals surface area contributed by atoms with E-state index in [9.17, 15) is 0 Å². The SMILES string of the molecule is Cc1nc(Br)cc(NC2CCCCCC2C)n1. The van der Waals surface area contributed by atoms with Crippen molar-refractivity contribution in [1.29, 1.82) is 0 Å². The van der Waals surface area contributed by atoms with E-state index in [2.05, 4.69) is 38.1 Å². The van der Waals surface area contributed by atoms with Gasteiger partial charge in [0.2, 0.25) is 0 Å². The molecule has 0 amide bonds. The van der Waals surface area contributed by atoms with Gasteiger partial charge in [0.05, 0.1) is 0 Å². The number of anilines is 1. The van der Waals surface area contributed by atoms with Gasteiger partial charge in [-0.1, -0.05) is 26.2 Å². The summed E-state index contributed by atoms with van der Waals surface area (Å²) in [4.78, 5) is 8.67. The molecule has 2 unspecified atom stereocenters. The van der Waals surface area contributed by atoms with Crippen LogP contribution in [0.3, 0.4) is 0 Å². The fourth-order valence-corrected chi connectivity index (χ4v) is 2.98. The van der Waals surface area contributed by atoms with Crippen LogP contribution in [0.2, 0.25) is 0 Å². The summed E-state index contributed by atoms with van der Waals surface area (Å²) in [5, 5.41) is 3.57. The van der Waals surface area contributed by atoms with Crippen LogP contribution in [-0.4, -0.2) is 16.0 Å². The third kappa shape index (κ3) is 3.66. The lowest BCUT2D eigenvalue weighted by atomic mass is 9.97. The van der Waals surface area contributed by atoms with Gasteiger partial charge >= 0.3 is 0 Å². The molecule has 1 N–H and O–H groups in total. The van der Waals surface area contributed by atoms with Crippen LogP contribution < -0.4 is 5.32 Å². The van der Waals surface area contributed by atoms with Crippen molar-refractivity contribution in [2.45, 2.75) is 52.0 Å². The molecule has 1 aromatic rings. The van der Waals surface area contributed by atoms with Crippen LogP contribution in [0.4, 0.5) is 5.82 Å². The van der Waals surface area contributed by atoms with E-state index >= 15 is 0 Å². The third-order valence-corrected chi connectivity index (χ3v) is 3.91. The molecule has 2 rings (SSSR count). The first kappa shape index (κ1) is 12.8. The van der Waals surface area contributed by atoms with Gasteiger partial charge in [0.25, 0.3) is 0 Å². The van der Waals surface area contributed by atoms with E-state index in [-0.39, 0.29) is 0 Å². The second kappa shape index (κ2) is 5.80. The van der Waals surface area contributed by atoms with Crippen molar-refractivity contribution in [2.75, 3.05) is 5.32 Å². The Morgan fingerprint density at radius 3 is 2.76 bits per heavy atom. The zero-order valence-corrected chi connectivity index (χ0v) is 12.1. The Morgan fingerprint density at radius 1 is 1.24 bits per heavy atom. The molecule has 0 radical (unpaired) electrons. The van der Waals surface area contributed by atoms with Gasteiger partial charge in [-0.25, -0.2) is 9.97 Å². The minimum atomic E-state index is 0.554. The summed E-state index contributed by atoms with van der Waals surface area (Å²) in [7, 11) is 0. The molecular formula is C13H20BrN3. The number of hydrogen-bond donors (Lipinski definition) is 1. The number of rotatable bonds is 2. The molecule has 4 heteroatoms. The molecule has 0 aliphatic heterocycles. The second-order valence-electron chi connectivity index (χ2n) is 4.99. The monoisotopic (exact) mass is 297 g/mol. The largest absolute Gasteiger partial charge is 0.367 e. The Labute approximate surface area is 112 Å². The van der Waals surface area contributed by atoms with Gasteiger partial charge in [-0.05, 0) is 41.6 Å². The number of aryl methyl sites for hydroxylation is 1. The molecular weight excluding hydrogens is 278 g/mol. The molecule has 3 nitrogen and oxygen atoms in total. The molecule has 0 aromatic carbocycles. The normalized spacial score (nSPS) is 25.4. The van der Waals surface area contributed by atoms with Crippen LogP contribution in [0.5, 0.6) is 0 Å². The van der Waals surface area contributed by atoms with E-state index in [4.69, 9.17) is 0 Å². The fourth-order valence-electron chi connectivity index (χ4n) is 2.50. The molecule has 17 heavy (non-hydrogen) atoms. The van der Waals surface area contributed by atoms with Crippen LogP contribution in [0.15, 0.2) is 10.7 Å². The van der Waals surface area contributed by atoms with Gasteiger partial charge in [-0.2, -0.15) is 0 Å². The lowest BCUT2D eigenvalue weighted by molar-refractivity contribution is 0.455. The summed E-state index contributed by atoms with van der Waals surface area (Å²) in [6, 6.07) is 2.52. The molecule has 1 aliphatic rings. The smallest absolute Gasteiger partial charge is 0.131 e. The number of hydrogen-bond acceptors (Lipinski definition) is 3. The van der Waals surface area contributed by atoms with E-state index in [0.717, 1.165) is 22.2 Å². The first-order valence-corrected chi connectivity index (χ1v) is 7.22. The lowest BCUT2D eigenvalue weighted by Crippen LogP contribution is -2.26. The predicted octanol–water partition coefficient (Wildman–Crippen LogP) is 3.93. The average molecular weight is 298 g/mol. The van der Waals surface area contributed by atoms with Crippen LogP contribution in [0, 0.1) is 12.8 Å².